The van der Waals surface area contributed by atoms with Crippen molar-refractivity contribution in [2.45, 2.75) is 32.7 Å². The van der Waals surface area contributed by atoms with Gasteiger partial charge in [-0.15, -0.1) is 10.2 Å². The second kappa shape index (κ2) is 6.39. The molecule has 1 aromatic carbocycles. The third-order valence-electron chi connectivity index (χ3n) is 2.63. The molecule has 0 unspecified atom stereocenters. The van der Waals surface area contributed by atoms with Crippen LogP contribution in [-0.2, 0) is 6.42 Å². The minimum Gasteiger partial charge on any atom is -0.312 e. The maximum atomic E-state index is 6.02. The fourth-order valence-electron chi connectivity index (χ4n) is 1.64. The molecule has 0 bridgehead atoms. The second-order valence-electron chi connectivity index (χ2n) is 5.56. The molecule has 0 amide bonds. The third-order valence-corrected chi connectivity index (χ3v) is 4.40. The van der Waals surface area contributed by atoms with Crippen LogP contribution in [-0.4, -0.2) is 22.3 Å². The van der Waals surface area contributed by atoms with Crippen molar-refractivity contribution in [3.05, 3.63) is 33.3 Å². The molecule has 1 heterocycles. The number of halogens is 2. The minimum atomic E-state index is 0.122. The Hall–Kier alpha value is -0.680. The van der Waals surface area contributed by atoms with E-state index < -0.39 is 0 Å². The van der Waals surface area contributed by atoms with Gasteiger partial charge in [-0.2, -0.15) is 0 Å². The van der Waals surface area contributed by atoms with E-state index in [2.05, 4.69) is 36.3 Å². The molecule has 0 aliphatic rings. The monoisotopic (exact) mass is 329 g/mol. The van der Waals surface area contributed by atoms with E-state index in [-0.39, 0.29) is 5.54 Å². The van der Waals surface area contributed by atoms with Crippen molar-refractivity contribution in [1.82, 2.24) is 15.5 Å². The lowest BCUT2D eigenvalue weighted by Gasteiger charge is -2.19. The SMILES string of the molecule is CC(C)(C)NCCc1nnc(-c2ccc(Cl)c(Cl)c2)s1. The lowest BCUT2D eigenvalue weighted by molar-refractivity contribution is 0.429. The number of aromatic nitrogens is 2. The molecule has 0 saturated carbocycles. The summed E-state index contributed by atoms with van der Waals surface area (Å²) in [5.41, 5.74) is 1.07. The fourth-order valence-corrected chi connectivity index (χ4v) is 2.78. The Morgan fingerprint density at radius 1 is 1.15 bits per heavy atom. The van der Waals surface area contributed by atoms with Crippen LogP contribution in [0.1, 0.15) is 25.8 Å². The van der Waals surface area contributed by atoms with Crippen LogP contribution >= 0.6 is 34.5 Å². The summed E-state index contributed by atoms with van der Waals surface area (Å²) < 4.78 is 0. The van der Waals surface area contributed by atoms with E-state index in [0.29, 0.717) is 10.0 Å². The largest absolute Gasteiger partial charge is 0.312 e. The van der Waals surface area contributed by atoms with E-state index in [9.17, 15) is 0 Å². The van der Waals surface area contributed by atoms with Crippen LogP contribution < -0.4 is 5.32 Å². The van der Waals surface area contributed by atoms with E-state index >= 15 is 0 Å². The summed E-state index contributed by atoms with van der Waals surface area (Å²) in [4.78, 5) is 0. The van der Waals surface area contributed by atoms with Gasteiger partial charge in [-0.05, 0) is 32.9 Å². The molecule has 0 saturated heterocycles. The van der Waals surface area contributed by atoms with Crippen molar-refractivity contribution >= 4 is 34.5 Å². The van der Waals surface area contributed by atoms with Gasteiger partial charge in [0.2, 0.25) is 0 Å². The van der Waals surface area contributed by atoms with Crippen molar-refractivity contribution in [3.8, 4) is 10.6 Å². The minimum absolute atomic E-state index is 0.122. The Labute approximate surface area is 133 Å². The first-order chi connectivity index (χ1) is 9.35. The first-order valence-corrected chi connectivity index (χ1v) is 7.95. The van der Waals surface area contributed by atoms with Gasteiger partial charge in [0.25, 0.3) is 0 Å². The lowest BCUT2D eigenvalue weighted by Crippen LogP contribution is -2.37. The summed E-state index contributed by atoms with van der Waals surface area (Å²) in [6, 6.07) is 5.51. The molecule has 1 N–H and O–H groups in total. The Morgan fingerprint density at radius 3 is 2.55 bits per heavy atom. The van der Waals surface area contributed by atoms with Crippen molar-refractivity contribution in [1.29, 1.82) is 0 Å². The molecule has 3 nitrogen and oxygen atoms in total. The summed E-state index contributed by atoms with van der Waals surface area (Å²) in [5.74, 6) is 0. The van der Waals surface area contributed by atoms with Crippen LogP contribution in [0.3, 0.4) is 0 Å². The molecule has 2 rings (SSSR count). The molecule has 20 heavy (non-hydrogen) atoms. The van der Waals surface area contributed by atoms with E-state index in [0.717, 1.165) is 28.5 Å². The molecule has 1 aromatic heterocycles. The molecule has 0 aliphatic heterocycles. The van der Waals surface area contributed by atoms with Crippen molar-refractivity contribution < 1.29 is 0 Å². The average molecular weight is 330 g/mol. The number of benzene rings is 1. The fraction of sp³-hybridized carbons (Fsp3) is 0.429. The highest BCUT2D eigenvalue weighted by atomic mass is 35.5. The van der Waals surface area contributed by atoms with E-state index in [1.54, 1.807) is 17.4 Å². The zero-order chi connectivity index (χ0) is 14.8. The van der Waals surface area contributed by atoms with Gasteiger partial charge in [0.1, 0.15) is 10.0 Å². The van der Waals surface area contributed by atoms with Gasteiger partial charge >= 0.3 is 0 Å². The molecule has 108 valence electrons. The summed E-state index contributed by atoms with van der Waals surface area (Å²) in [7, 11) is 0. The molecular formula is C14H17Cl2N3S. The summed E-state index contributed by atoms with van der Waals surface area (Å²) in [5, 5.41) is 14.8. The maximum absolute atomic E-state index is 6.02. The summed E-state index contributed by atoms with van der Waals surface area (Å²) in [6.45, 7) is 7.33. The van der Waals surface area contributed by atoms with E-state index in [1.165, 1.54) is 0 Å². The number of nitrogens with zero attached hydrogens (tertiary/aromatic N) is 2. The highest BCUT2D eigenvalue weighted by Crippen LogP contribution is 2.30. The number of hydrogen-bond donors (Lipinski definition) is 1. The molecule has 0 atom stereocenters. The standard InChI is InChI=1S/C14H17Cl2N3S/c1-14(2,3)17-7-6-12-18-19-13(20-12)9-4-5-10(15)11(16)8-9/h4-5,8,17H,6-7H2,1-3H3. The topological polar surface area (TPSA) is 37.8 Å². The molecule has 0 aliphatic carbocycles. The molecule has 2 aromatic rings. The average Bonchev–Trinajstić information content (AvgIpc) is 2.80. The number of hydrogen-bond acceptors (Lipinski definition) is 4. The second-order valence-corrected chi connectivity index (χ2v) is 7.43. The summed E-state index contributed by atoms with van der Waals surface area (Å²) >= 11 is 13.5. The molecular weight excluding hydrogens is 313 g/mol. The molecule has 0 spiro atoms. The van der Waals surface area contributed by atoms with Gasteiger partial charge in [0, 0.05) is 24.1 Å². The van der Waals surface area contributed by atoms with Crippen molar-refractivity contribution in [2.75, 3.05) is 6.54 Å². The summed E-state index contributed by atoms with van der Waals surface area (Å²) in [6.07, 6.45) is 0.871. The van der Waals surface area contributed by atoms with Crippen LogP contribution in [0.15, 0.2) is 18.2 Å². The number of rotatable bonds is 4. The molecule has 0 radical (unpaired) electrons. The van der Waals surface area contributed by atoms with Gasteiger partial charge in [0.05, 0.1) is 10.0 Å². The van der Waals surface area contributed by atoms with Gasteiger partial charge in [-0.1, -0.05) is 40.6 Å². The van der Waals surface area contributed by atoms with Crippen LogP contribution in [0.4, 0.5) is 0 Å². The van der Waals surface area contributed by atoms with Gasteiger partial charge in [-0.3, -0.25) is 0 Å². The van der Waals surface area contributed by atoms with Crippen LogP contribution in [0.25, 0.3) is 10.6 Å². The van der Waals surface area contributed by atoms with E-state index in [1.807, 2.05) is 12.1 Å². The predicted octanol–water partition coefficient (Wildman–Crippen LogP) is 4.44. The maximum Gasteiger partial charge on any atom is 0.147 e. The zero-order valence-electron chi connectivity index (χ0n) is 11.7. The van der Waals surface area contributed by atoms with E-state index in [4.69, 9.17) is 23.2 Å². The zero-order valence-corrected chi connectivity index (χ0v) is 14.0. The van der Waals surface area contributed by atoms with Crippen molar-refractivity contribution in [3.63, 3.8) is 0 Å². The Kier molecular flexibility index (Phi) is 5.02. The highest BCUT2D eigenvalue weighted by Gasteiger charge is 2.11. The van der Waals surface area contributed by atoms with Crippen LogP contribution in [0.5, 0.6) is 0 Å². The first kappa shape index (κ1) is 15.7. The van der Waals surface area contributed by atoms with Gasteiger partial charge in [-0.25, -0.2) is 0 Å². The first-order valence-electron chi connectivity index (χ1n) is 6.38. The third kappa shape index (κ3) is 4.42. The van der Waals surface area contributed by atoms with Crippen molar-refractivity contribution in [2.24, 2.45) is 0 Å². The predicted molar refractivity (Wildman–Crippen MR) is 86.8 cm³/mol. The van der Waals surface area contributed by atoms with Gasteiger partial charge in [0.15, 0.2) is 0 Å². The Bertz CT molecular complexity index is 590. The quantitative estimate of drug-likeness (QED) is 0.900. The normalized spacial score (nSPS) is 11.8. The van der Waals surface area contributed by atoms with Crippen LogP contribution in [0.2, 0.25) is 10.0 Å². The molecule has 6 heteroatoms. The smallest absolute Gasteiger partial charge is 0.147 e. The highest BCUT2D eigenvalue weighted by molar-refractivity contribution is 7.14. The Morgan fingerprint density at radius 2 is 1.90 bits per heavy atom. The Balaban J connectivity index is 2.03. The van der Waals surface area contributed by atoms with Crippen LogP contribution in [0, 0.1) is 0 Å². The number of nitrogens with one attached hydrogen (secondary N) is 1. The van der Waals surface area contributed by atoms with Gasteiger partial charge < -0.3 is 5.32 Å². The lowest BCUT2D eigenvalue weighted by atomic mass is 10.1. The molecule has 0 fully saturated rings.